The molecule has 1 N–H and O–H groups in total. The molecule has 130 valence electrons. The Bertz CT molecular complexity index is 1170. The summed E-state index contributed by atoms with van der Waals surface area (Å²) in [7, 11) is 0. The van der Waals surface area contributed by atoms with Gasteiger partial charge in [-0.2, -0.15) is 0 Å². The average molecular weight is 387 g/mol. The predicted molar refractivity (Wildman–Crippen MR) is 102 cm³/mol. The molecule has 0 aliphatic carbocycles. The molecule has 5 nitrogen and oxygen atoms in total. The lowest BCUT2D eigenvalue weighted by atomic mass is 10.1. The molecule has 0 saturated carbocycles. The summed E-state index contributed by atoms with van der Waals surface area (Å²) in [5, 5.41) is 10.4. The van der Waals surface area contributed by atoms with Gasteiger partial charge in [-0.25, -0.2) is 9.78 Å². The van der Waals surface area contributed by atoms with E-state index in [4.69, 9.17) is 28.3 Å². The van der Waals surface area contributed by atoms with Crippen molar-refractivity contribution in [1.29, 1.82) is 0 Å². The Morgan fingerprint density at radius 2 is 1.96 bits per heavy atom. The number of nitrogens with zero attached hydrogens (tertiary/aromatic N) is 2. The van der Waals surface area contributed by atoms with Crippen LogP contribution in [0.2, 0.25) is 10.0 Å². The molecule has 4 rings (SSSR count). The van der Waals surface area contributed by atoms with Crippen molar-refractivity contribution in [2.75, 3.05) is 0 Å². The molecule has 26 heavy (non-hydrogen) atoms. The molecule has 1 aromatic heterocycles. The maximum atomic E-state index is 12.8. The summed E-state index contributed by atoms with van der Waals surface area (Å²) in [6.07, 6.45) is 2.59. The summed E-state index contributed by atoms with van der Waals surface area (Å²) in [6, 6.07) is 9.72. The van der Waals surface area contributed by atoms with E-state index >= 15 is 0 Å². The Kier molecular flexibility index (Phi) is 4.05. The first-order valence-corrected chi connectivity index (χ1v) is 8.63. The molecule has 0 spiro atoms. The van der Waals surface area contributed by atoms with Crippen molar-refractivity contribution >= 4 is 51.7 Å². The Morgan fingerprint density at radius 1 is 1.15 bits per heavy atom. The smallest absolute Gasteiger partial charge is 0.335 e. The lowest BCUT2D eigenvalue weighted by Crippen LogP contribution is -2.21. The number of fused-ring (bicyclic) bond motifs is 2. The lowest BCUT2D eigenvalue weighted by molar-refractivity contribution is 0.0697. The average Bonchev–Trinajstić information content (AvgIpc) is 3.01. The third-order valence-electron chi connectivity index (χ3n) is 4.38. The summed E-state index contributed by atoms with van der Waals surface area (Å²) in [6.45, 7) is 0.502. The van der Waals surface area contributed by atoms with Crippen LogP contribution >= 0.6 is 23.2 Å². The van der Waals surface area contributed by atoms with Gasteiger partial charge in [0.1, 0.15) is 5.82 Å². The molecule has 2 heterocycles. The van der Waals surface area contributed by atoms with Crippen LogP contribution in [-0.2, 0) is 6.54 Å². The van der Waals surface area contributed by atoms with Gasteiger partial charge in [0.25, 0.3) is 5.56 Å². The second kappa shape index (κ2) is 6.27. The topological polar surface area (TPSA) is 72.2 Å². The number of hydrogen-bond acceptors (Lipinski definition) is 3. The number of aromatic nitrogens is 2. The van der Waals surface area contributed by atoms with Gasteiger partial charge in [0, 0.05) is 6.54 Å². The highest BCUT2D eigenvalue weighted by Crippen LogP contribution is 2.30. The highest BCUT2D eigenvalue weighted by Gasteiger charge is 2.21. The van der Waals surface area contributed by atoms with E-state index in [1.165, 1.54) is 12.1 Å². The maximum absolute atomic E-state index is 12.8. The van der Waals surface area contributed by atoms with E-state index in [0.717, 1.165) is 11.1 Å². The molecule has 2 aromatic carbocycles. The lowest BCUT2D eigenvalue weighted by Gasteiger charge is -2.06. The second-order valence-corrected chi connectivity index (χ2v) is 6.84. The number of allylic oxidation sites excluding steroid dienone is 1. The number of carbonyl (C=O) groups is 1. The molecule has 0 amide bonds. The van der Waals surface area contributed by atoms with Crippen molar-refractivity contribution in [2.45, 2.75) is 13.0 Å². The van der Waals surface area contributed by atoms with Gasteiger partial charge in [-0.3, -0.25) is 9.36 Å². The number of carboxylic acids is 1. The van der Waals surface area contributed by atoms with Gasteiger partial charge in [0.2, 0.25) is 0 Å². The van der Waals surface area contributed by atoms with E-state index in [1.807, 2.05) is 12.1 Å². The molecule has 3 aromatic rings. The Hall–Kier alpha value is -2.63. The SMILES string of the molecule is O=C(O)c1ccc2nc3n(c(=O)c2c1)CCC3=Cc1ccc(Cl)c(Cl)c1. The number of halogens is 2. The van der Waals surface area contributed by atoms with Gasteiger partial charge in [0.15, 0.2) is 0 Å². The van der Waals surface area contributed by atoms with Crippen LogP contribution in [0.5, 0.6) is 0 Å². The molecular formula is C19H12Cl2N2O3. The van der Waals surface area contributed by atoms with Crippen molar-refractivity contribution in [3.8, 4) is 0 Å². The minimum atomic E-state index is -1.07. The molecule has 0 bridgehead atoms. The number of hydrogen-bond donors (Lipinski definition) is 1. The molecule has 0 saturated heterocycles. The monoisotopic (exact) mass is 386 g/mol. The van der Waals surface area contributed by atoms with Crippen molar-refractivity contribution in [1.82, 2.24) is 9.55 Å². The number of carboxylic acid groups (broad SMARTS) is 1. The predicted octanol–water partition coefficient (Wildman–Crippen LogP) is 4.35. The fourth-order valence-electron chi connectivity index (χ4n) is 3.09. The van der Waals surface area contributed by atoms with Crippen LogP contribution in [0.1, 0.15) is 28.2 Å². The van der Waals surface area contributed by atoms with E-state index in [9.17, 15) is 9.59 Å². The van der Waals surface area contributed by atoms with Crippen LogP contribution in [-0.4, -0.2) is 20.6 Å². The fraction of sp³-hybridized carbons (Fsp3) is 0.105. The molecule has 0 atom stereocenters. The molecule has 1 aliphatic heterocycles. The summed E-state index contributed by atoms with van der Waals surface area (Å²) >= 11 is 12.0. The van der Waals surface area contributed by atoms with Crippen molar-refractivity contribution in [2.24, 2.45) is 0 Å². The zero-order chi connectivity index (χ0) is 18.4. The van der Waals surface area contributed by atoms with Crippen molar-refractivity contribution in [3.63, 3.8) is 0 Å². The number of benzene rings is 2. The third kappa shape index (κ3) is 2.79. The summed E-state index contributed by atoms with van der Waals surface area (Å²) < 4.78 is 1.58. The Labute approximate surface area is 158 Å². The quantitative estimate of drug-likeness (QED) is 0.710. The van der Waals surface area contributed by atoms with Gasteiger partial charge in [0.05, 0.1) is 26.5 Å². The van der Waals surface area contributed by atoms with Crippen molar-refractivity contribution in [3.05, 3.63) is 73.7 Å². The minimum Gasteiger partial charge on any atom is -0.478 e. The van der Waals surface area contributed by atoms with Crippen LogP contribution in [0.4, 0.5) is 0 Å². The first-order chi connectivity index (χ1) is 12.4. The maximum Gasteiger partial charge on any atom is 0.335 e. The Morgan fingerprint density at radius 3 is 2.69 bits per heavy atom. The first-order valence-electron chi connectivity index (χ1n) is 7.88. The zero-order valence-corrected chi connectivity index (χ0v) is 14.9. The highest BCUT2D eigenvalue weighted by molar-refractivity contribution is 6.42. The van der Waals surface area contributed by atoms with E-state index in [2.05, 4.69) is 4.98 Å². The molecule has 0 unspecified atom stereocenters. The summed E-state index contributed by atoms with van der Waals surface area (Å²) in [4.78, 5) is 28.5. The van der Waals surface area contributed by atoms with E-state index in [1.54, 1.807) is 22.8 Å². The minimum absolute atomic E-state index is 0.0709. The van der Waals surface area contributed by atoms with Crippen LogP contribution in [0.15, 0.2) is 41.2 Å². The van der Waals surface area contributed by atoms with E-state index < -0.39 is 5.97 Å². The van der Waals surface area contributed by atoms with Gasteiger partial charge < -0.3 is 5.11 Å². The second-order valence-electron chi connectivity index (χ2n) is 6.02. The first kappa shape index (κ1) is 16.8. The zero-order valence-electron chi connectivity index (χ0n) is 13.4. The largest absolute Gasteiger partial charge is 0.478 e. The summed E-state index contributed by atoms with van der Waals surface area (Å²) in [5.41, 5.74) is 2.11. The normalized spacial score (nSPS) is 14.8. The van der Waals surface area contributed by atoms with Crippen LogP contribution in [0.25, 0.3) is 22.6 Å². The van der Waals surface area contributed by atoms with Crippen LogP contribution in [0.3, 0.4) is 0 Å². The van der Waals surface area contributed by atoms with Crippen LogP contribution < -0.4 is 5.56 Å². The van der Waals surface area contributed by atoms with Crippen molar-refractivity contribution < 1.29 is 9.90 Å². The summed E-state index contributed by atoms with van der Waals surface area (Å²) in [5.74, 6) is -0.478. The number of rotatable bonds is 2. The molecular weight excluding hydrogens is 375 g/mol. The molecule has 0 radical (unpaired) electrons. The van der Waals surface area contributed by atoms with Gasteiger partial charge in [-0.1, -0.05) is 29.3 Å². The third-order valence-corrected chi connectivity index (χ3v) is 5.12. The fourth-order valence-corrected chi connectivity index (χ4v) is 3.40. The molecule has 7 heteroatoms. The van der Waals surface area contributed by atoms with Gasteiger partial charge in [-0.15, -0.1) is 0 Å². The van der Waals surface area contributed by atoms with Crippen LogP contribution in [0, 0.1) is 0 Å². The van der Waals surface area contributed by atoms with E-state index in [0.29, 0.717) is 39.7 Å². The van der Waals surface area contributed by atoms with E-state index in [-0.39, 0.29) is 11.1 Å². The molecule has 1 aliphatic rings. The van der Waals surface area contributed by atoms with Gasteiger partial charge in [-0.05, 0) is 54.0 Å². The Balaban J connectivity index is 1.86. The standard InChI is InChI=1S/C19H12Cl2N2O3/c20-14-3-1-10(8-15(14)21)7-11-5-6-23-17(11)22-16-4-2-12(19(25)26)9-13(16)18(23)24/h1-4,7-9H,5-6H2,(H,25,26). The highest BCUT2D eigenvalue weighted by atomic mass is 35.5. The van der Waals surface area contributed by atoms with Gasteiger partial charge >= 0.3 is 5.97 Å². The molecule has 0 fully saturated rings. The number of aromatic carboxylic acids is 1.